The van der Waals surface area contributed by atoms with Gasteiger partial charge in [-0.05, 0) is 63.6 Å². The summed E-state index contributed by atoms with van der Waals surface area (Å²) in [5.41, 5.74) is 0.746. The summed E-state index contributed by atoms with van der Waals surface area (Å²) in [5, 5.41) is 8.68. The summed E-state index contributed by atoms with van der Waals surface area (Å²) >= 11 is 6.55. The van der Waals surface area contributed by atoms with Gasteiger partial charge in [0, 0.05) is 30.3 Å². The molecule has 8 nitrogen and oxygen atoms in total. The fraction of sp³-hybridized carbons (Fsp3) is 0.531. The third-order valence-electron chi connectivity index (χ3n) is 9.40. The first-order valence-electron chi connectivity index (χ1n) is 15.3. The molecule has 5 atom stereocenters. The van der Waals surface area contributed by atoms with E-state index in [-0.39, 0.29) is 47.4 Å². The van der Waals surface area contributed by atoms with Crippen molar-refractivity contribution < 1.29 is 35.8 Å². The van der Waals surface area contributed by atoms with Gasteiger partial charge >= 0.3 is 12.2 Å². The van der Waals surface area contributed by atoms with Gasteiger partial charge in [-0.1, -0.05) is 11.6 Å². The highest BCUT2D eigenvalue weighted by Gasteiger charge is 2.43. The predicted molar refractivity (Wildman–Crippen MR) is 164 cm³/mol. The van der Waals surface area contributed by atoms with Crippen LogP contribution in [0.25, 0.3) is 22.0 Å². The van der Waals surface area contributed by atoms with Gasteiger partial charge in [0.05, 0.1) is 46.8 Å². The van der Waals surface area contributed by atoms with E-state index in [1.165, 1.54) is 20.0 Å². The number of nitriles is 1. The molecule has 0 amide bonds. The Kier molecular flexibility index (Phi) is 8.76. The number of aromatic nitrogens is 2. The highest BCUT2D eigenvalue weighted by Crippen LogP contribution is 2.52. The molecule has 1 aliphatic carbocycles. The third-order valence-corrected chi connectivity index (χ3v) is 9.76. The van der Waals surface area contributed by atoms with Gasteiger partial charge in [0.25, 0.3) is 0 Å². The first-order valence-corrected chi connectivity index (χ1v) is 15.7. The van der Waals surface area contributed by atoms with Crippen molar-refractivity contribution in [3.05, 3.63) is 33.9 Å². The van der Waals surface area contributed by atoms with E-state index in [0.717, 1.165) is 26.0 Å². The van der Waals surface area contributed by atoms with E-state index in [1.807, 2.05) is 11.8 Å². The molecule has 47 heavy (non-hydrogen) atoms. The molecule has 15 heteroatoms. The minimum Gasteiger partial charge on any atom is -0.489 e. The van der Waals surface area contributed by atoms with Gasteiger partial charge in [-0.3, -0.25) is 4.90 Å². The number of halogens is 7. The number of hydrogen-bond acceptors (Lipinski definition) is 8. The number of nitrogen functional groups attached to an aromatic ring is 1. The van der Waals surface area contributed by atoms with Crippen molar-refractivity contribution in [2.75, 3.05) is 44.0 Å². The zero-order valence-electron chi connectivity index (χ0n) is 25.9. The number of benzene rings is 2. The summed E-state index contributed by atoms with van der Waals surface area (Å²) in [7, 11) is 1.25. The summed E-state index contributed by atoms with van der Waals surface area (Å²) in [5.74, 6) is -2.89. The zero-order valence-corrected chi connectivity index (χ0v) is 26.7. The maximum absolute atomic E-state index is 16.3. The number of aryl methyl sites for hydroxylation is 1. The second-order valence-electron chi connectivity index (χ2n) is 12.6. The van der Waals surface area contributed by atoms with Gasteiger partial charge in [0.1, 0.15) is 24.1 Å². The largest absolute Gasteiger partial charge is 0.489 e. The molecule has 2 N–H and O–H groups in total. The fourth-order valence-electron chi connectivity index (χ4n) is 6.96. The first kappa shape index (κ1) is 33.2. The molecule has 3 aromatic rings. The van der Waals surface area contributed by atoms with Gasteiger partial charge < -0.3 is 20.1 Å². The summed E-state index contributed by atoms with van der Waals surface area (Å²) in [6, 6.07) is 3.03. The van der Waals surface area contributed by atoms with E-state index in [4.69, 9.17) is 26.8 Å². The summed E-state index contributed by atoms with van der Waals surface area (Å²) in [6.07, 6.45) is -1.57. The molecule has 1 aromatic heterocycles. The molecule has 7 rings (SSSR count). The van der Waals surface area contributed by atoms with Crippen LogP contribution in [0.4, 0.5) is 37.8 Å². The topological polar surface area (TPSA) is 101 Å². The number of nitrogens with two attached hydrogens (primary N) is 1. The van der Waals surface area contributed by atoms with Crippen molar-refractivity contribution >= 4 is 34.0 Å². The van der Waals surface area contributed by atoms with E-state index in [0.29, 0.717) is 25.6 Å². The number of anilines is 2. The second-order valence-corrected chi connectivity index (χ2v) is 13.0. The van der Waals surface area contributed by atoms with E-state index in [2.05, 4.69) is 20.9 Å². The van der Waals surface area contributed by atoms with E-state index in [9.17, 15) is 22.8 Å². The van der Waals surface area contributed by atoms with Crippen molar-refractivity contribution in [3.8, 4) is 29.0 Å². The van der Waals surface area contributed by atoms with E-state index in [1.54, 1.807) is 0 Å². The monoisotopic (exact) mass is 682 g/mol. The highest BCUT2D eigenvalue weighted by atomic mass is 35.5. The number of hydrogen-bond donors (Lipinski definition) is 1. The van der Waals surface area contributed by atoms with Crippen LogP contribution in [0.2, 0.25) is 5.02 Å². The predicted octanol–water partition coefficient (Wildman–Crippen LogP) is 7.09. The Morgan fingerprint density at radius 2 is 1.94 bits per heavy atom. The lowest BCUT2D eigenvalue weighted by molar-refractivity contribution is -0.137. The van der Waals surface area contributed by atoms with Gasteiger partial charge in [0.2, 0.25) is 0 Å². The zero-order chi connectivity index (χ0) is 33.9. The number of alkyl halides is 4. The Balaban J connectivity index is 0.000000366. The van der Waals surface area contributed by atoms with Crippen molar-refractivity contribution in [2.24, 2.45) is 11.8 Å². The lowest BCUT2D eigenvalue weighted by Gasteiger charge is -2.28. The SMILES string of the molecule is COc1nc2c3c(c(Cl)c(-c4c(F)c(N)cc(C)c4C(F)(F)F)c(F)c3n1)OCC(C)N2CC1CC1C#N.FC1CC2CCCN2C1. The summed E-state index contributed by atoms with van der Waals surface area (Å²) in [4.78, 5) is 12.5. The van der Waals surface area contributed by atoms with Crippen LogP contribution in [0, 0.1) is 41.7 Å². The molecule has 4 heterocycles. The van der Waals surface area contributed by atoms with Crippen LogP contribution >= 0.6 is 11.6 Å². The molecular formula is C32H33ClF6N6O2. The Labute approximate surface area is 272 Å². The van der Waals surface area contributed by atoms with E-state index < -0.39 is 62.5 Å². The number of nitrogens with zero attached hydrogens (tertiary/aromatic N) is 5. The van der Waals surface area contributed by atoms with Crippen molar-refractivity contribution in [1.29, 1.82) is 5.26 Å². The number of ether oxygens (including phenoxy) is 2. The van der Waals surface area contributed by atoms with E-state index >= 15 is 8.78 Å². The number of fused-ring (bicyclic) bond motifs is 1. The quantitative estimate of drug-likeness (QED) is 0.230. The molecule has 252 valence electrons. The molecule has 3 fully saturated rings. The Morgan fingerprint density at radius 1 is 1.19 bits per heavy atom. The summed E-state index contributed by atoms with van der Waals surface area (Å²) < 4.78 is 97.7. The smallest absolute Gasteiger partial charge is 0.417 e. The Hall–Kier alpha value is -3.70. The van der Waals surface area contributed by atoms with Crippen LogP contribution in [0.1, 0.15) is 43.7 Å². The van der Waals surface area contributed by atoms with Crippen LogP contribution in [0.5, 0.6) is 11.8 Å². The van der Waals surface area contributed by atoms with Gasteiger partial charge in [-0.15, -0.1) is 0 Å². The lowest BCUT2D eigenvalue weighted by atomic mass is 9.92. The molecule has 2 aromatic carbocycles. The summed E-state index contributed by atoms with van der Waals surface area (Å²) in [6.45, 7) is 5.14. The molecule has 4 aliphatic rings. The van der Waals surface area contributed by atoms with Crippen molar-refractivity contribution in [1.82, 2.24) is 14.9 Å². The second kappa shape index (κ2) is 12.4. The molecule has 0 bridgehead atoms. The maximum atomic E-state index is 16.3. The normalized spacial score (nSPS) is 25.0. The average molecular weight is 683 g/mol. The van der Waals surface area contributed by atoms with Gasteiger partial charge in [-0.2, -0.15) is 28.4 Å². The van der Waals surface area contributed by atoms with Crippen LogP contribution in [-0.2, 0) is 6.18 Å². The number of methoxy groups -OCH3 is 1. The maximum Gasteiger partial charge on any atom is 0.417 e. The van der Waals surface area contributed by atoms with Crippen molar-refractivity contribution in [3.63, 3.8) is 0 Å². The minimum absolute atomic E-state index is 0.00477. The van der Waals surface area contributed by atoms with Gasteiger partial charge in [0.15, 0.2) is 17.4 Å². The van der Waals surface area contributed by atoms with Crippen LogP contribution in [-0.4, -0.2) is 66.5 Å². The third kappa shape index (κ3) is 5.97. The Bertz CT molecular complexity index is 1760. The molecule has 3 aliphatic heterocycles. The molecule has 2 saturated heterocycles. The highest BCUT2D eigenvalue weighted by molar-refractivity contribution is 6.36. The fourth-order valence-corrected chi connectivity index (χ4v) is 7.29. The molecular weight excluding hydrogens is 650 g/mol. The van der Waals surface area contributed by atoms with Crippen LogP contribution < -0.4 is 20.1 Å². The molecule has 1 saturated carbocycles. The Morgan fingerprint density at radius 3 is 2.57 bits per heavy atom. The minimum atomic E-state index is -5.06. The van der Waals surface area contributed by atoms with Crippen LogP contribution in [0.15, 0.2) is 6.07 Å². The van der Waals surface area contributed by atoms with Crippen molar-refractivity contribution in [2.45, 2.75) is 64.0 Å². The molecule has 5 unspecified atom stereocenters. The molecule has 0 spiro atoms. The first-order chi connectivity index (χ1) is 22.2. The van der Waals surface area contributed by atoms with Gasteiger partial charge in [-0.25, -0.2) is 13.2 Å². The lowest BCUT2D eigenvalue weighted by Crippen LogP contribution is -2.38. The van der Waals surface area contributed by atoms with Crippen LogP contribution in [0.3, 0.4) is 0 Å². The molecule has 0 radical (unpaired) electrons. The standard InChI is InChI=1S/C25H21ClF5N5O2.C7H12FN/c1-9-4-13(33)19(27)14(17(9)25(29,30)31)15-18(26)22-16-21(20(15)28)34-24(37-3)35-23(16)36(10(2)8-38-22)7-12-5-11(12)6-32;8-6-4-7-2-1-3-9(7)5-6/h4,10-12H,5,7-8,33H2,1-3H3;6-7H,1-5H2. The number of rotatable bonds is 4. The average Bonchev–Trinajstić information content (AvgIpc) is 3.53.